The van der Waals surface area contributed by atoms with Crippen molar-refractivity contribution >= 4 is 21.9 Å². The van der Waals surface area contributed by atoms with Gasteiger partial charge in [0.1, 0.15) is 11.3 Å². The third-order valence-corrected chi connectivity index (χ3v) is 3.59. The Kier molecular flexibility index (Phi) is 3.90. The maximum Gasteiger partial charge on any atom is 0.339 e. The zero-order valence-corrected chi connectivity index (χ0v) is 12.2. The van der Waals surface area contributed by atoms with E-state index in [1.165, 1.54) is 6.07 Å². The Morgan fingerprint density at radius 2 is 1.84 bits per heavy atom. The summed E-state index contributed by atoms with van der Waals surface area (Å²) in [6, 6.07) is 10.6. The van der Waals surface area contributed by atoms with E-state index >= 15 is 0 Å². The van der Waals surface area contributed by atoms with Crippen molar-refractivity contribution < 1.29 is 14.6 Å². The topological polar surface area (TPSA) is 46.5 Å². The number of ether oxygens (including phenoxy) is 1. The monoisotopic (exact) mass is 320 g/mol. The number of halogens is 1. The summed E-state index contributed by atoms with van der Waals surface area (Å²) in [6.07, 6.45) is 0. The Morgan fingerprint density at radius 1 is 1.16 bits per heavy atom. The Labute approximate surface area is 120 Å². The minimum atomic E-state index is -1.01. The number of aromatic carboxylic acids is 1. The lowest BCUT2D eigenvalue weighted by Crippen LogP contribution is -2.01. The van der Waals surface area contributed by atoms with Crippen LogP contribution in [0.25, 0.3) is 0 Å². The van der Waals surface area contributed by atoms with E-state index in [0.717, 1.165) is 11.1 Å². The molecule has 2 aromatic carbocycles. The molecule has 98 valence electrons. The summed E-state index contributed by atoms with van der Waals surface area (Å²) < 4.78 is 6.40. The van der Waals surface area contributed by atoms with Crippen LogP contribution in [0.3, 0.4) is 0 Å². The second-order valence-electron chi connectivity index (χ2n) is 4.22. The predicted molar refractivity (Wildman–Crippen MR) is 77.1 cm³/mol. The lowest BCUT2D eigenvalue weighted by atomic mass is 10.1. The molecule has 2 rings (SSSR count). The molecule has 19 heavy (non-hydrogen) atoms. The van der Waals surface area contributed by atoms with Gasteiger partial charge >= 0.3 is 5.97 Å². The molecule has 0 fully saturated rings. The number of para-hydroxylation sites is 1. The first-order valence-corrected chi connectivity index (χ1v) is 6.56. The summed E-state index contributed by atoms with van der Waals surface area (Å²) in [7, 11) is 0. The average Bonchev–Trinajstić information content (AvgIpc) is 2.36. The smallest absolute Gasteiger partial charge is 0.339 e. The molecule has 0 saturated heterocycles. The van der Waals surface area contributed by atoms with Gasteiger partial charge in [0.05, 0.1) is 4.47 Å². The standard InChI is InChI=1S/C15H13BrO3/c1-9-5-3-8-13(10(9)2)19-14-11(15(17)18)6-4-7-12(14)16/h3-8H,1-2H3,(H,17,18). The summed E-state index contributed by atoms with van der Waals surface area (Å²) in [5.74, 6) is -0.0280. The molecule has 0 aromatic heterocycles. The van der Waals surface area contributed by atoms with Crippen molar-refractivity contribution in [3.05, 3.63) is 57.6 Å². The SMILES string of the molecule is Cc1cccc(Oc2c(Br)cccc2C(=O)O)c1C. The molecule has 0 radical (unpaired) electrons. The molecule has 3 nitrogen and oxygen atoms in total. The van der Waals surface area contributed by atoms with Crippen LogP contribution in [0, 0.1) is 13.8 Å². The van der Waals surface area contributed by atoms with Crippen molar-refractivity contribution in [2.75, 3.05) is 0 Å². The van der Waals surface area contributed by atoms with E-state index in [4.69, 9.17) is 4.74 Å². The average molecular weight is 321 g/mol. The lowest BCUT2D eigenvalue weighted by molar-refractivity contribution is 0.0694. The molecule has 0 atom stereocenters. The van der Waals surface area contributed by atoms with E-state index in [0.29, 0.717) is 16.0 Å². The highest BCUT2D eigenvalue weighted by Gasteiger charge is 2.16. The molecule has 0 bridgehead atoms. The second kappa shape index (κ2) is 5.45. The van der Waals surface area contributed by atoms with Crippen LogP contribution in [0.5, 0.6) is 11.5 Å². The fraction of sp³-hybridized carbons (Fsp3) is 0.133. The van der Waals surface area contributed by atoms with E-state index < -0.39 is 5.97 Å². The highest BCUT2D eigenvalue weighted by molar-refractivity contribution is 9.10. The molecule has 0 amide bonds. The molecule has 0 saturated carbocycles. The largest absolute Gasteiger partial charge is 0.478 e. The van der Waals surface area contributed by atoms with E-state index in [2.05, 4.69) is 15.9 Å². The molecule has 0 aliphatic carbocycles. The van der Waals surface area contributed by atoms with E-state index in [1.807, 2.05) is 32.0 Å². The van der Waals surface area contributed by atoms with Gasteiger partial charge in [-0.2, -0.15) is 0 Å². The van der Waals surface area contributed by atoms with Crippen LogP contribution in [-0.4, -0.2) is 11.1 Å². The van der Waals surface area contributed by atoms with Crippen molar-refractivity contribution in [1.82, 2.24) is 0 Å². The molecular weight excluding hydrogens is 308 g/mol. The highest BCUT2D eigenvalue weighted by atomic mass is 79.9. The second-order valence-corrected chi connectivity index (χ2v) is 5.08. The van der Waals surface area contributed by atoms with Gasteiger partial charge in [-0.05, 0) is 59.1 Å². The molecule has 1 N–H and O–H groups in total. The molecular formula is C15H13BrO3. The number of aryl methyl sites for hydroxylation is 1. The summed E-state index contributed by atoms with van der Waals surface area (Å²) in [5, 5.41) is 9.19. The van der Waals surface area contributed by atoms with Crippen molar-refractivity contribution in [3.8, 4) is 11.5 Å². The van der Waals surface area contributed by atoms with Gasteiger partial charge in [0.25, 0.3) is 0 Å². The molecule has 0 unspecified atom stereocenters. The first-order chi connectivity index (χ1) is 9.00. The maximum absolute atomic E-state index is 11.2. The molecule has 0 heterocycles. The first-order valence-electron chi connectivity index (χ1n) is 5.76. The number of hydrogen-bond acceptors (Lipinski definition) is 2. The number of carbonyl (C=O) groups is 1. The number of carboxylic acid groups (broad SMARTS) is 1. The number of carboxylic acids is 1. The Bertz CT molecular complexity index is 635. The van der Waals surface area contributed by atoms with Crippen molar-refractivity contribution in [2.24, 2.45) is 0 Å². The van der Waals surface area contributed by atoms with Crippen LogP contribution in [0.15, 0.2) is 40.9 Å². The van der Waals surface area contributed by atoms with Gasteiger partial charge in [-0.15, -0.1) is 0 Å². The van der Waals surface area contributed by atoms with Crippen LogP contribution >= 0.6 is 15.9 Å². The summed E-state index contributed by atoms with van der Waals surface area (Å²) >= 11 is 3.33. The summed E-state index contributed by atoms with van der Waals surface area (Å²) in [5.41, 5.74) is 2.23. The minimum absolute atomic E-state index is 0.135. The van der Waals surface area contributed by atoms with Crippen molar-refractivity contribution in [1.29, 1.82) is 0 Å². The van der Waals surface area contributed by atoms with Gasteiger partial charge in [0, 0.05) is 0 Å². The molecule has 2 aromatic rings. The van der Waals surface area contributed by atoms with Gasteiger partial charge in [0.15, 0.2) is 5.75 Å². The Hall–Kier alpha value is -1.81. The van der Waals surface area contributed by atoms with Crippen molar-refractivity contribution in [2.45, 2.75) is 13.8 Å². The van der Waals surface area contributed by atoms with Gasteiger partial charge in [-0.3, -0.25) is 0 Å². The Balaban J connectivity index is 2.49. The third kappa shape index (κ3) is 2.79. The fourth-order valence-electron chi connectivity index (χ4n) is 1.73. The Morgan fingerprint density at radius 3 is 2.53 bits per heavy atom. The van der Waals surface area contributed by atoms with Crippen LogP contribution in [0.2, 0.25) is 0 Å². The number of benzene rings is 2. The quantitative estimate of drug-likeness (QED) is 0.902. The van der Waals surface area contributed by atoms with Crippen molar-refractivity contribution in [3.63, 3.8) is 0 Å². The van der Waals surface area contributed by atoms with Gasteiger partial charge < -0.3 is 9.84 Å². The zero-order chi connectivity index (χ0) is 14.0. The number of hydrogen-bond donors (Lipinski definition) is 1. The maximum atomic E-state index is 11.2. The zero-order valence-electron chi connectivity index (χ0n) is 10.6. The first kappa shape index (κ1) is 13.6. The van der Waals surface area contributed by atoms with Gasteiger partial charge in [-0.1, -0.05) is 18.2 Å². The van der Waals surface area contributed by atoms with Crippen LogP contribution < -0.4 is 4.74 Å². The molecule has 0 aliphatic rings. The lowest BCUT2D eigenvalue weighted by Gasteiger charge is -2.13. The van der Waals surface area contributed by atoms with E-state index in [9.17, 15) is 9.90 Å². The van der Waals surface area contributed by atoms with E-state index in [-0.39, 0.29) is 5.56 Å². The number of rotatable bonds is 3. The molecule has 0 spiro atoms. The molecule has 0 aliphatic heterocycles. The highest BCUT2D eigenvalue weighted by Crippen LogP contribution is 2.35. The van der Waals surface area contributed by atoms with Gasteiger partial charge in [-0.25, -0.2) is 4.79 Å². The van der Waals surface area contributed by atoms with Gasteiger partial charge in [0.2, 0.25) is 0 Å². The molecule has 4 heteroatoms. The summed E-state index contributed by atoms with van der Waals surface area (Å²) in [4.78, 5) is 11.2. The minimum Gasteiger partial charge on any atom is -0.478 e. The third-order valence-electron chi connectivity index (χ3n) is 2.96. The normalized spacial score (nSPS) is 10.3. The summed E-state index contributed by atoms with van der Waals surface area (Å²) in [6.45, 7) is 3.93. The fourth-order valence-corrected chi connectivity index (χ4v) is 2.17. The van der Waals surface area contributed by atoms with Crippen LogP contribution in [0.4, 0.5) is 0 Å². The van der Waals surface area contributed by atoms with Crippen LogP contribution in [-0.2, 0) is 0 Å². The van der Waals surface area contributed by atoms with Crippen LogP contribution in [0.1, 0.15) is 21.5 Å². The van der Waals surface area contributed by atoms with E-state index in [1.54, 1.807) is 12.1 Å². The predicted octanol–water partition coefficient (Wildman–Crippen LogP) is 4.56.